The lowest BCUT2D eigenvalue weighted by molar-refractivity contribution is 0.0410. The Morgan fingerprint density at radius 1 is 1.35 bits per heavy atom. The molecule has 1 aromatic carbocycles. The van der Waals surface area contributed by atoms with Gasteiger partial charge in [-0.05, 0) is 12.6 Å². The van der Waals surface area contributed by atoms with Crippen LogP contribution < -0.4 is 0 Å². The Kier molecular flexibility index (Phi) is 4.57. The highest BCUT2D eigenvalue weighted by Crippen LogP contribution is 2.34. The van der Waals surface area contributed by atoms with E-state index in [1.807, 2.05) is 6.92 Å². The van der Waals surface area contributed by atoms with Gasteiger partial charge in [0.2, 0.25) is 0 Å². The van der Waals surface area contributed by atoms with Crippen molar-refractivity contribution < 1.29 is 13.2 Å². The Balaban J connectivity index is 0.00000144. The van der Waals surface area contributed by atoms with Gasteiger partial charge in [-0.3, -0.25) is 0 Å². The van der Waals surface area contributed by atoms with Crippen molar-refractivity contribution >= 4 is 0 Å². The summed E-state index contributed by atoms with van der Waals surface area (Å²) in [5.74, 6) is -2.24. The summed E-state index contributed by atoms with van der Waals surface area (Å²) in [6.07, 6.45) is -1.40. The maximum Gasteiger partial charge on any atom is 0.164 e. The first-order valence-electron chi connectivity index (χ1n) is 5.43. The van der Waals surface area contributed by atoms with Gasteiger partial charge in [-0.2, -0.15) is 0 Å². The van der Waals surface area contributed by atoms with Crippen LogP contribution in [0.25, 0.3) is 0 Å². The van der Waals surface area contributed by atoms with E-state index in [0.29, 0.717) is 13.1 Å². The third-order valence-corrected chi connectivity index (χ3v) is 3.13. The zero-order chi connectivity index (χ0) is 11.7. The number of benzene rings is 1. The molecule has 1 atom stereocenters. The van der Waals surface area contributed by atoms with Crippen LogP contribution in [0, 0.1) is 17.6 Å². The second-order valence-electron chi connectivity index (χ2n) is 4.16. The Hall–Kier alpha value is -1.03. The largest absolute Gasteiger partial charge is 0.303 e. The van der Waals surface area contributed by atoms with Gasteiger partial charge in [-0.25, -0.2) is 13.2 Å². The summed E-state index contributed by atoms with van der Waals surface area (Å²) in [5.41, 5.74) is -0.152. The molecule has 1 aromatic rings. The summed E-state index contributed by atoms with van der Waals surface area (Å²) in [4.78, 5) is 2.06. The lowest BCUT2D eigenvalue weighted by atomic mass is 9.90. The highest BCUT2D eigenvalue weighted by atomic mass is 19.2. The third-order valence-electron chi connectivity index (χ3n) is 3.13. The van der Waals surface area contributed by atoms with Crippen LogP contribution in [0.2, 0.25) is 0 Å². The molecule has 1 aliphatic heterocycles. The molecule has 96 valence electrons. The van der Waals surface area contributed by atoms with Gasteiger partial charge in [0.1, 0.15) is 6.17 Å². The van der Waals surface area contributed by atoms with Gasteiger partial charge in [-0.15, -0.1) is 0 Å². The minimum atomic E-state index is -1.40. The van der Waals surface area contributed by atoms with Gasteiger partial charge in [0.25, 0.3) is 0 Å². The number of likely N-dealkylation sites (tertiary alicyclic amines) is 1. The van der Waals surface area contributed by atoms with Crippen LogP contribution in [0.5, 0.6) is 0 Å². The smallest absolute Gasteiger partial charge is 0.164 e. The number of rotatable bonds is 3. The first-order chi connectivity index (χ1) is 7.63. The van der Waals surface area contributed by atoms with Crippen molar-refractivity contribution in [3.63, 3.8) is 0 Å². The molecule has 0 aromatic heterocycles. The fourth-order valence-electron chi connectivity index (χ4n) is 2.04. The van der Waals surface area contributed by atoms with Crippen LogP contribution in [0.1, 0.15) is 26.1 Å². The maximum absolute atomic E-state index is 13.9. The van der Waals surface area contributed by atoms with Crippen LogP contribution in [0.4, 0.5) is 13.2 Å². The summed E-state index contributed by atoms with van der Waals surface area (Å²) in [5, 5.41) is 0. The molecule has 1 heterocycles. The zero-order valence-corrected chi connectivity index (χ0v) is 9.09. The molecular weight excluding hydrogens is 227 g/mol. The zero-order valence-electron chi connectivity index (χ0n) is 9.09. The molecule has 0 radical (unpaired) electrons. The first kappa shape index (κ1) is 14.0. The molecule has 17 heavy (non-hydrogen) atoms. The molecule has 1 fully saturated rings. The molecule has 0 bridgehead atoms. The fraction of sp³-hybridized carbons (Fsp3) is 0.538. The van der Waals surface area contributed by atoms with Gasteiger partial charge >= 0.3 is 0 Å². The minimum absolute atomic E-state index is 0. The molecule has 0 aliphatic carbocycles. The van der Waals surface area contributed by atoms with Gasteiger partial charge in [-0.1, -0.05) is 26.5 Å². The molecular formula is C13H18F3N. The summed E-state index contributed by atoms with van der Waals surface area (Å²) in [6.45, 7) is 4.10. The summed E-state index contributed by atoms with van der Waals surface area (Å²) in [6, 6.07) is 3.67. The molecule has 1 saturated heterocycles. The molecule has 4 heteroatoms. The highest BCUT2D eigenvalue weighted by Gasteiger charge is 2.35. The standard InChI is InChI=1S/C12H14F3N.CH4/c1-2-16-6-8(7-16)11(14)9-4-3-5-10(13)12(9)15;/h3-5,8,11H,2,6-7H2,1H3;1H4. The number of hydrogen-bond donors (Lipinski definition) is 0. The van der Waals surface area contributed by atoms with Gasteiger partial charge in [0, 0.05) is 24.6 Å². The lowest BCUT2D eigenvalue weighted by Crippen LogP contribution is -2.48. The molecule has 1 unspecified atom stereocenters. The summed E-state index contributed by atoms with van der Waals surface area (Å²) in [7, 11) is 0. The predicted molar refractivity (Wildman–Crippen MR) is 62.5 cm³/mol. The van der Waals surface area contributed by atoms with E-state index in [4.69, 9.17) is 0 Å². The molecule has 0 amide bonds. The van der Waals surface area contributed by atoms with E-state index < -0.39 is 17.8 Å². The van der Waals surface area contributed by atoms with Crippen molar-refractivity contribution in [2.24, 2.45) is 5.92 Å². The van der Waals surface area contributed by atoms with Crippen molar-refractivity contribution in [2.75, 3.05) is 19.6 Å². The number of hydrogen-bond acceptors (Lipinski definition) is 1. The molecule has 0 N–H and O–H groups in total. The third kappa shape index (κ3) is 2.63. The van der Waals surface area contributed by atoms with E-state index in [1.165, 1.54) is 12.1 Å². The first-order valence-corrected chi connectivity index (χ1v) is 5.43. The van der Waals surface area contributed by atoms with E-state index in [-0.39, 0.29) is 18.9 Å². The van der Waals surface area contributed by atoms with Crippen molar-refractivity contribution in [1.29, 1.82) is 0 Å². The van der Waals surface area contributed by atoms with E-state index in [0.717, 1.165) is 12.6 Å². The molecule has 2 rings (SSSR count). The quantitative estimate of drug-likeness (QED) is 0.787. The predicted octanol–water partition coefficient (Wildman–Crippen LogP) is 3.56. The van der Waals surface area contributed by atoms with E-state index in [2.05, 4.69) is 4.90 Å². The van der Waals surface area contributed by atoms with Crippen molar-refractivity contribution in [3.05, 3.63) is 35.4 Å². The number of nitrogens with zero attached hydrogens (tertiary/aromatic N) is 1. The average molecular weight is 245 g/mol. The van der Waals surface area contributed by atoms with Crippen molar-refractivity contribution in [3.8, 4) is 0 Å². The Morgan fingerprint density at radius 3 is 2.59 bits per heavy atom. The van der Waals surface area contributed by atoms with Crippen molar-refractivity contribution in [1.82, 2.24) is 4.90 Å². The fourth-order valence-corrected chi connectivity index (χ4v) is 2.04. The molecule has 0 saturated carbocycles. The van der Waals surface area contributed by atoms with Gasteiger partial charge < -0.3 is 4.90 Å². The number of halogens is 3. The maximum atomic E-state index is 13.9. The van der Waals surface area contributed by atoms with Crippen LogP contribution in [-0.2, 0) is 0 Å². The SMILES string of the molecule is C.CCN1CC(C(F)c2cccc(F)c2F)C1. The molecule has 1 nitrogen and oxygen atoms in total. The topological polar surface area (TPSA) is 3.24 Å². The van der Waals surface area contributed by atoms with Crippen LogP contribution in [0.15, 0.2) is 18.2 Å². The normalized spacial score (nSPS) is 18.4. The number of alkyl halides is 1. The van der Waals surface area contributed by atoms with Crippen LogP contribution >= 0.6 is 0 Å². The Bertz CT molecular complexity index is 375. The molecule has 0 spiro atoms. The van der Waals surface area contributed by atoms with Gasteiger partial charge in [0.15, 0.2) is 11.6 Å². The molecule has 1 aliphatic rings. The minimum Gasteiger partial charge on any atom is -0.303 e. The van der Waals surface area contributed by atoms with E-state index in [1.54, 1.807) is 0 Å². The second kappa shape index (κ2) is 5.54. The summed E-state index contributed by atoms with van der Waals surface area (Å²) < 4.78 is 40.1. The van der Waals surface area contributed by atoms with E-state index in [9.17, 15) is 13.2 Å². The summed E-state index contributed by atoms with van der Waals surface area (Å²) >= 11 is 0. The lowest BCUT2D eigenvalue weighted by Gasteiger charge is -2.40. The Morgan fingerprint density at radius 2 is 2.00 bits per heavy atom. The van der Waals surface area contributed by atoms with E-state index >= 15 is 0 Å². The second-order valence-corrected chi connectivity index (χ2v) is 4.16. The van der Waals surface area contributed by atoms with Crippen LogP contribution in [0.3, 0.4) is 0 Å². The van der Waals surface area contributed by atoms with Gasteiger partial charge in [0.05, 0.1) is 0 Å². The van der Waals surface area contributed by atoms with Crippen LogP contribution in [-0.4, -0.2) is 24.5 Å². The monoisotopic (exact) mass is 245 g/mol. The highest BCUT2D eigenvalue weighted by molar-refractivity contribution is 5.22. The average Bonchev–Trinajstić information content (AvgIpc) is 2.20. The Labute approximate surface area is 100 Å². The van der Waals surface area contributed by atoms with Crippen molar-refractivity contribution in [2.45, 2.75) is 20.5 Å².